The first-order chi connectivity index (χ1) is 14.2. The van der Waals surface area contributed by atoms with Crippen molar-refractivity contribution in [3.8, 4) is 17.2 Å². The molecule has 0 fully saturated rings. The summed E-state index contributed by atoms with van der Waals surface area (Å²) in [5.41, 5.74) is 1.82. The van der Waals surface area contributed by atoms with Crippen LogP contribution in [-0.4, -0.2) is 55.5 Å². The molecule has 0 aliphatic heterocycles. The Morgan fingerprint density at radius 1 is 1.00 bits per heavy atom. The highest BCUT2D eigenvalue weighted by Crippen LogP contribution is 2.39. The van der Waals surface area contributed by atoms with Crippen molar-refractivity contribution in [1.82, 2.24) is 25.2 Å². The van der Waals surface area contributed by atoms with Crippen LogP contribution in [0.5, 0.6) is 17.2 Å². The minimum absolute atomic E-state index is 0. The highest BCUT2D eigenvalue weighted by molar-refractivity contribution is 14.0. The molecule has 3 rings (SSSR count). The number of benzene rings is 1. The second-order valence-electron chi connectivity index (χ2n) is 6.14. The number of nitrogens with one attached hydrogen (secondary N) is 2. The van der Waals surface area contributed by atoms with Gasteiger partial charge >= 0.3 is 0 Å². The Labute approximate surface area is 192 Å². The number of hydrogen-bond acceptors (Lipinski definition) is 6. The molecule has 0 radical (unpaired) electrons. The van der Waals surface area contributed by atoms with E-state index in [2.05, 4.69) is 25.8 Å². The molecule has 2 heterocycles. The van der Waals surface area contributed by atoms with Crippen LogP contribution < -0.4 is 24.8 Å². The lowest BCUT2D eigenvalue weighted by molar-refractivity contribution is 0.322. The van der Waals surface area contributed by atoms with Crippen molar-refractivity contribution in [1.29, 1.82) is 0 Å². The molecule has 0 aliphatic rings. The van der Waals surface area contributed by atoms with Crippen molar-refractivity contribution in [2.75, 3.05) is 34.9 Å². The number of guanidine groups is 1. The number of aliphatic imine (C=N–C) groups is 1. The van der Waals surface area contributed by atoms with E-state index in [4.69, 9.17) is 14.2 Å². The standard InChI is InChI=1S/C20H26N6O3.HI/c1-21-20(23-13-17-25-24-16-7-5-6-12-26(16)17)22-11-10-14-8-9-15(27-2)19(29-4)18(14)28-3;/h5-9,12H,10-11,13H2,1-4H3,(H2,21,22,23);1H. The summed E-state index contributed by atoms with van der Waals surface area (Å²) in [6, 6.07) is 9.65. The van der Waals surface area contributed by atoms with Gasteiger partial charge in [0.1, 0.15) is 0 Å². The zero-order chi connectivity index (χ0) is 20.6. The van der Waals surface area contributed by atoms with Gasteiger partial charge in [0, 0.05) is 25.4 Å². The first-order valence-corrected chi connectivity index (χ1v) is 9.22. The fourth-order valence-corrected chi connectivity index (χ4v) is 3.07. The summed E-state index contributed by atoms with van der Waals surface area (Å²) in [7, 11) is 6.56. The van der Waals surface area contributed by atoms with E-state index >= 15 is 0 Å². The van der Waals surface area contributed by atoms with Gasteiger partial charge in [0.25, 0.3) is 0 Å². The number of halogens is 1. The number of pyridine rings is 1. The molecule has 0 atom stereocenters. The van der Waals surface area contributed by atoms with Crippen LogP contribution in [0.4, 0.5) is 0 Å². The molecule has 0 unspecified atom stereocenters. The largest absolute Gasteiger partial charge is 0.493 e. The Bertz CT molecular complexity index is 992. The number of aromatic nitrogens is 3. The lowest BCUT2D eigenvalue weighted by atomic mass is 10.1. The zero-order valence-corrected chi connectivity index (χ0v) is 19.8. The van der Waals surface area contributed by atoms with Crippen LogP contribution in [0.15, 0.2) is 41.5 Å². The Kier molecular flexibility index (Phi) is 8.96. The molecule has 0 bridgehead atoms. The first-order valence-electron chi connectivity index (χ1n) is 9.22. The van der Waals surface area contributed by atoms with Crippen molar-refractivity contribution < 1.29 is 14.2 Å². The van der Waals surface area contributed by atoms with E-state index in [1.54, 1.807) is 28.4 Å². The van der Waals surface area contributed by atoms with Gasteiger partial charge in [0.2, 0.25) is 5.75 Å². The molecule has 30 heavy (non-hydrogen) atoms. The van der Waals surface area contributed by atoms with Crippen molar-refractivity contribution in [3.63, 3.8) is 0 Å². The maximum atomic E-state index is 5.53. The molecule has 2 N–H and O–H groups in total. The predicted octanol–water partition coefficient (Wildman–Crippen LogP) is 2.28. The van der Waals surface area contributed by atoms with Gasteiger partial charge in [-0.05, 0) is 24.6 Å². The first kappa shape index (κ1) is 23.5. The molecule has 10 heteroatoms. The van der Waals surface area contributed by atoms with E-state index in [1.807, 2.05) is 40.9 Å². The van der Waals surface area contributed by atoms with Gasteiger partial charge in [0.05, 0.1) is 27.9 Å². The van der Waals surface area contributed by atoms with E-state index in [0.717, 1.165) is 23.5 Å². The normalized spacial score (nSPS) is 11.0. The smallest absolute Gasteiger partial charge is 0.203 e. The topological polar surface area (TPSA) is 94.3 Å². The van der Waals surface area contributed by atoms with Gasteiger partial charge < -0.3 is 24.8 Å². The number of ether oxygens (including phenoxy) is 3. The molecule has 2 aromatic heterocycles. The SMILES string of the molecule is CN=C(NCCc1ccc(OC)c(OC)c1OC)NCc1nnc2ccccn12.I. The summed E-state index contributed by atoms with van der Waals surface area (Å²) >= 11 is 0. The molecule has 0 saturated carbocycles. The maximum Gasteiger partial charge on any atom is 0.203 e. The van der Waals surface area contributed by atoms with Crippen molar-refractivity contribution in [2.24, 2.45) is 4.99 Å². The van der Waals surface area contributed by atoms with Gasteiger partial charge in [-0.2, -0.15) is 0 Å². The third-order valence-electron chi connectivity index (χ3n) is 4.49. The van der Waals surface area contributed by atoms with Crippen LogP contribution in [-0.2, 0) is 13.0 Å². The van der Waals surface area contributed by atoms with Gasteiger partial charge in [-0.15, -0.1) is 34.2 Å². The number of methoxy groups -OCH3 is 3. The van der Waals surface area contributed by atoms with Crippen LogP contribution in [0.1, 0.15) is 11.4 Å². The van der Waals surface area contributed by atoms with Gasteiger partial charge in [-0.3, -0.25) is 9.39 Å². The zero-order valence-electron chi connectivity index (χ0n) is 17.5. The van der Waals surface area contributed by atoms with Crippen LogP contribution in [0.3, 0.4) is 0 Å². The minimum Gasteiger partial charge on any atom is -0.493 e. The highest BCUT2D eigenvalue weighted by Gasteiger charge is 2.15. The molecular weight excluding hydrogens is 499 g/mol. The summed E-state index contributed by atoms with van der Waals surface area (Å²) in [6.45, 7) is 1.16. The van der Waals surface area contributed by atoms with E-state index in [1.165, 1.54) is 0 Å². The molecule has 162 valence electrons. The quantitative estimate of drug-likeness (QED) is 0.264. The number of rotatable bonds is 8. The monoisotopic (exact) mass is 526 g/mol. The van der Waals surface area contributed by atoms with Gasteiger partial charge in [-0.25, -0.2) is 0 Å². The Morgan fingerprint density at radius 3 is 2.50 bits per heavy atom. The summed E-state index contributed by atoms with van der Waals surface area (Å²) in [6.07, 6.45) is 2.66. The molecule has 0 aliphatic carbocycles. The van der Waals surface area contributed by atoms with E-state index in [0.29, 0.717) is 36.3 Å². The average Bonchev–Trinajstić information content (AvgIpc) is 3.18. The fraction of sp³-hybridized carbons (Fsp3) is 0.350. The third-order valence-corrected chi connectivity index (χ3v) is 4.49. The predicted molar refractivity (Wildman–Crippen MR) is 126 cm³/mol. The molecule has 0 amide bonds. The lowest BCUT2D eigenvalue weighted by Gasteiger charge is -2.16. The molecule has 3 aromatic rings. The van der Waals surface area contributed by atoms with Crippen LogP contribution in [0, 0.1) is 0 Å². The van der Waals surface area contributed by atoms with E-state index in [-0.39, 0.29) is 24.0 Å². The summed E-state index contributed by atoms with van der Waals surface area (Å²) in [5, 5.41) is 14.9. The minimum atomic E-state index is 0. The van der Waals surface area contributed by atoms with Crippen LogP contribution in [0.2, 0.25) is 0 Å². The average molecular weight is 526 g/mol. The second-order valence-corrected chi connectivity index (χ2v) is 6.14. The van der Waals surface area contributed by atoms with Crippen LogP contribution >= 0.6 is 24.0 Å². The van der Waals surface area contributed by atoms with Crippen LogP contribution in [0.25, 0.3) is 5.65 Å². The van der Waals surface area contributed by atoms with Gasteiger partial charge in [-0.1, -0.05) is 12.1 Å². The Balaban J connectivity index is 0.00000320. The second kappa shape index (κ2) is 11.4. The summed E-state index contributed by atoms with van der Waals surface area (Å²) in [4.78, 5) is 4.26. The number of nitrogens with zero attached hydrogens (tertiary/aromatic N) is 4. The summed E-state index contributed by atoms with van der Waals surface area (Å²) < 4.78 is 18.2. The molecule has 0 saturated heterocycles. The Hall–Kier alpha value is -2.76. The van der Waals surface area contributed by atoms with Crippen molar-refractivity contribution in [3.05, 3.63) is 47.9 Å². The Morgan fingerprint density at radius 2 is 1.80 bits per heavy atom. The molecule has 9 nitrogen and oxygen atoms in total. The molecule has 1 aromatic carbocycles. The highest BCUT2D eigenvalue weighted by atomic mass is 127. The fourth-order valence-electron chi connectivity index (χ4n) is 3.07. The molecular formula is C20H27IN6O3. The maximum absolute atomic E-state index is 5.53. The summed E-state index contributed by atoms with van der Waals surface area (Å²) in [5.74, 6) is 3.39. The third kappa shape index (κ3) is 5.23. The number of fused-ring (bicyclic) bond motifs is 1. The lowest BCUT2D eigenvalue weighted by Crippen LogP contribution is -2.38. The number of hydrogen-bond donors (Lipinski definition) is 2. The van der Waals surface area contributed by atoms with E-state index < -0.39 is 0 Å². The van der Waals surface area contributed by atoms with Gasteiger partial charge in [0.15, 0.2) is 28.9 Å². The van der Waals surface area contributed by atoms with Crippen molar-refractivity contribution >= 4 is 35.6 Å². The van der Waals surface area contributed by atoms with E-state index in [9.17, 15) is 0 Å². The van der Waals surface area contributed by atoms with Crippen molar-refractivity contribution in [2.45, 2.75) is 13.0 Å². The molecule has 0 spiro atoms.